The van der Waals surface area contributed by atoms with Crippen LogP contribution in [0.15, 0.2) is 103 Å². The van der Waals surface area contributed by atoms with Crippen molar-refractivity contribution in [2.45, 2.75) is 69.2 Å². The molecule has 2 aliphatic carbocycles. The summed E-state index contributed by atoms with van der Waals surface area (Å²) in [6, 6.07) is 15.5. The lowest BCUT2D eigenvalue weighted by Crippen LogP contribution is -2.70. The summed E-state index contributed by atoms with van der Waals surface area (Å²) in [5, 5.41) is 35.8. The highest BCUT2D eigenvalue weighted by Crippen LogP contribution is 2.62. The van der Waals surface area contributed by atoms with Gasteiger partial charge in [-0.15, -0.1) is 6.58 Å². The summed E-state index contributed by atoms with van der Waals surface area (Å²) in [4.78, 5) is 33.0. The Hall–Kier alpha value is -5.90. The first-order valence-electron chi connectivity index (χ1n) is 20.7. The highest BCUT2D eigenvalue weighted by atomic mass is 16.7. The molecule has 3 aromatic rings. The topological polar surface area (TPSA) is 181 Å². The number of fused-ring (bicyclic) bond motifs is 3. The number of hydrogen-bond acceptors (Lipinski definition) is 13. The minimum atomic E-state index is -1.57. The third-order valence-corrected chi connectivity index (χ3v) is 11.9. The van der Waals surface area contributed by atoms with Crippen LogP contribution in [-0.2, 0) is 16.1 Å². The average Bonchev–Trinajstić information content (AvgIpc) is 3.74. The van der Waals surface area contributed by atoms with E-state index in [1.807, 2.05) is 30.3 Å². The number of aliphatic hydroxyl groups excluding tert-OH is 2. The summed E-state index contributed by atoms with van der Waals surface area (Å²) >= 11 is 0. The van der Waals surface area contributed by atoms with E-state index >= 15 is 0 Å². The third kappa shape index (κ3) is 9.09. The zero-order chi connectivity index (χ0) is 42.9. The monoisotopic (exact) mass is 839 g/mol. The van der Waals surface area contributed by atoms with Gasteiger partial charge in [-0.3, -0.25) is 15.0 Å². The van der Waals surface area contributed by atoms with Crippen LogP contribution < -0.4 is 23.7 Å². The van der Waals surface area contributed by atoms with Crippen LogP contribution in [0.5, 0.6) is 28.7 Å². The molecule has 6 unspecified atom stereocenters. The van der Waals surface area contributed by atoms with Crippen LogP contribution in [0.3, 0.4) is 0 Å². The van der Waals surface area contributed by atoms with Crippen molar-refractivity contribution < 1.29 is 53.2 Å². The van der Waals surface area contributed by atoms with Crippen LogP contribution in [0, 0.1) is 27.9 Å². The van der Waals surface area contributed by atoms with Gasteiger partial charge in [0.15, 0.2) is 11.5 Å². The van der Waals surface area contributed by atoms with Crippen molar-refractivity contribution in [3.63, 3.8) is 0 Å². The van der Waals surface area contributed by atoms with Crippen molar-refractivity contribution in [1.29, 1.82) is 0 Å². The van der Waals surface area contributed by atoms with E-state index in [0.29, 0.717) is 53.7 Å². The van der Waals surface area contributed by atoms with E-state index in [0.717, 1.165) is 36.8 Å². The molecule has 3 aromatic carbocycles. The van der Waals surface area contributed by atoms with Crippen molar-refractivity contribution in [2.75, 3.05) is 40.3 Å². The first-order chi connectivity index (χ1) is 29.7. The summed E-state index contributed by atoms with van der Waals surface area (Å²) in [7, 11) is 1.48. The van der Waals surface area contributed by atoms with E-state index in [2.05, 4.69) is 24.4 Å². The third-order valence-electron chi connectivity index (χ3n) is 11.9. The SMILES string of the molecule is C=CCOc1ccc2c(c1)C1C(CCCCO)C(CCCCO)C=C3C(=NOC)CC(N(Cc4ccc5c(c4)OCO5)C(=O)Oc4ccc([N+](=O)[O-])cc4)C(OCC=C)(O2)C31. The fraction of sp³-hybridized carbons (Fsp3) is 0.435. The van der Waals surface area contributed by atoms with E-state index in [-0.39, 0.29) is 68.8 Å². The van der Waals surface area contributed by atoms with Gasteiger partial charge >= 0.3 is 6.09 Å². The van der Waals surface area contributed by atoms with Crippen LogP contribution in [0.25, 0.3) is 0 Å². The maximum atomic E-state index is 14.9. The van der Waals surface area contributed by atoms with Crippen molar-refractivity contribution in [3.8, 4) is 28.7 Å². The Morgan fingerprint density at radius 3 is 2.39 bits per heavy atom. The average molecular weight is 840 g/mol. The number of unbranched alkanes of at least 4 members (excludes halogenated alkanes) is 2. The van der Waals surface area contributed by atoms with Crippen LogP contribution in [0.1, 0.15) is 62.0 Å². The van der Waals surface area contributed by atoms with E-state index in [1.165, 1.54) is 31.4 Å². The van der Waals surface area contributed by atoms with Gasteiger partial charge in [0.05, 0.1) is 23.2 Å². The number of carbonyl (C=O) groups excluding carboxylic acids is 1. The minimum absolute atomic E-state index is 0.0000751. The molecular formula is C46H53N3O12. The van der Waals surface area contributed by atoms with Crippen molar-refractivity contribution in [1.82, 2.24) is 4.90 Å². The molecule has 324 valence electrons. The number of non-ortho nitro benzene ring substituents is 1. The second-order valence-corrected chi connectivity index (χ2v) is 15.5. The van der Waals surface area contributed by atoms with E-state index < -0.39 is 28.8 Å². The quantitative estimate of drug-likeness (QED) is 0.0488. The Balaban J connectivity index is 1.43. The Bertz CT molecular complexity index is 2120. The lowest BCUT2D eigenvalue weighted by atomic mass is 9.55. The molecule has 2 aliphatic heterocycles. The Kier molecular flexibility index (Phi) is 13.9. The molecule has 2 N–H and O–H groups in total. The zero-order valence-corrected chi connectivity index (χ0v) is 34.3. The standard InChI is InChI=1S/C46H53N3O12/c1-4-22-56-34-17-19-39-37(26-34)43-35(11-7-9-21-51)31(10-6-8-20-50)25-36-38(47-55-3)27-42(46(61-39,44(36)43)59-23-5-2)48(28-30-12-18-40-41(24-30)58-29-57-40)45(52)60-33-15-13-32(14-16-33)49(53)54/h4-5,12-19,24-26,31,35,42-44,50-51H,1-2,6-11,20-23,27-29H2,3H3. The molecule has 61 heavy (non-hydrogen) atoms. The van der Waals surface area contributed by atoms with Crippen molar-refractivity contribution in [3.05, 3.63) is 119 Å². The molecule has 0 bridgehead atoms. The van der Waals surface area contributed by atoms with E-state index in [1.54, 1.807) is 23.1 Å². The van der Waals surface area contributed by atoms with Crippen molar-refractivity contribution in [2.24, 2.45) is 22.9 Å². The molecular weight excluding hydrogens is 787 g/mol. The highest BCUT2D eigenvalue weighted by Gasteiger charge is 2.65. The number of oxime groups is 1. The molecule has 6 atom stereocenters. The Morgan fingerprint density at radius 2 is 1.67 bits per heavy atom. The number of allylic oxidation sites excluding steroid dienone is 1. The van der Waals surface area contributed by atoms with Gasteiger partial charge < -0.3 is 43.5 Å². The molecule has 0 aromatic heterocycles. The molecule has 15 nitrogen and oxygen atoms in total. The number of aliphatic hydroxyl groups is 2. The second-order valence-electron chi connectivity index (χ2n) is 15.5. The highest BCUT2D eigenvalue weighted by molar-refractivity contribution is 6.03. The molecule has 0 saturated heterocycles. The maximum absolute atomic E-state index is 14.9. The van der Waals surface area contributed by atoms with Gasteiger partial charge in [-0.2, -0.15) is 0 Å². The lowest BCUT2D eigenvalue weighted by Gasteiger charge is -2.59. The number of ether oxygens (including phenoxy) is 6. The van der Waals surface area contributed by atoms with E-state index in [4.69, 9.17) is 33.3 Å². The van der Waals surface area contributed by atoms with Gasteiger partial charge in [-0.1, -0.05) is 48.9 Å². The number of hydrogen-bond donors (Lipinski definition) is 2. The van der Waals surface area contributed by atoms with Gasteiger partial charge in [0.25, 0.3) is 5.69 Å². The molecule has 1 saturated carbocycles. The normalized spacial score (nSPS) is 23.8. The number of carbonyl (C=O) groups is 1. The zero-order valence-electron chi connectivity index (χ0n) is 34.3. The van der Waals surface area contributed by atoms with Crippen LogP contribution >= 0.6 is 0 Å². The van der Waals surface area contributed by atoms with Gasteiger partial charge in [0.1, 0.15) is 37.0 Å². The van der Waals surface area contributed by atoms with E-state index in [9.17, 15) is 25.1 Å². The molecule has 15 heteroatoms. The number of benzene rings is 3. The fourth-order valence-corrected chi connectivity index (χ4v) is 9.34. The first-order valence-corrected chi connectivity index (χ1v) is 20.7. The Morgan fingerprint density at radius 1 is 0.951 bits per heavy atom. The fourth-order valence-electron chi connectivity index (χ4n) is 9.34. The minimum Gasteiger partial charge on any atom is -0.490 e. The Labute approximate surface area is 354 Å². The molecule has 1 amide bonds. The summed E-state index contributed by atoms with van der Waals surface area (Å²) in [6.07, 6.45) is 9.31. The second kappa shape index (κ2) is 19.7. The molecule has 1 fully saturated rings. The first kappa shape index (κ1) is 43.2. The summed E-state index contributed by atoms with van der Waals surface area (Å²) in [5.74, 6) is 0.0240. The largest absolute Gasteiger partial charge is 0.490 e. The van der Waals surface area contributed by atoms with Gasteiger partial charge in [-0.25, -0.2) is 4.79 Å². The number of amides is 1. The number of nitro benzene ring substituents is 1. The molecule has 0 radical (unpaired) electrons. The van der Waals surface area contributed by atoms with Crippen LogP contribution in [0.4, 0.5) is 10.5 Å². The summed E-state index contributed by atoms with van der Waals surface area (Å²) < 4.78 is 37.8. The predicted octanol–water partition coefficient (Wildman–Crippen LogP) is 7.85. The van der Waals surface area contributed by atoms with Crippen molar-refractivity contribution >= 4 is 17.5 Å². The van der Waals surface area contributed by atoms with Gasteiger partial charge in [0, 0.05) is 49.8 Å². The van der Waals surface area contributed by atoms with Gasteiger partial charge in [0.2, 0.25) is 12.6 Å². The molecule has 4 aliphatic rings. The molecule has 2 heterocycles. The molecule has 7 rings (SSSR count). The number of nitro groups is 1. The van der Waals surface area contributed by atoms with Crippen LogP contribution in [0.2, 0.25) is 0 Å². The number of rotatable bonds is 20. The molecule has 0 spiro atoms. The lowest BCUT2D eigenvalue weighted by molar-refractivity contribution is -0.384. The van der Waals surface area contributed by atoms with Gasteiger partial charge in [-0.05, 0) is 91.1 Å². The van der Waals surface area contributed by atoms with Crippen LogP contribution in [-0.4, -0.2) is 84.0 Å². The number of nitrogens with zero attached hydrogens (tertiary/aromatic N) is 3. The predicted molar refractivity (Wildman–Crippen MR) is 225 cm³/mol. The smallest absolute Gasteiger partial charge is 0.416 e. The summed E-state index contributed by atoms with van der Waals surface area (Å²) in [5.41, 5.74) is 2.92. The summed E-state index contributed by atoms with van der Waals surface area (Å²) in [6.45, 7) is 8.38. The maximum Gasteiger partial charge on any atom is 0.416 e.